The Kier molecular flexibility index (Phi) is 5.71. The largest absolute Gasteiger partial charge is 0.355 e. The molecule has 0 aliphatic carbocycles. The quantitative estimate of drug-likeness (QED) is 0.556. The Balaban J connectivity index is 1.67. The highest BCUT2D eigenvalue weighted by molar-refractivity contribution is 8.15. The molecular weight excluding hydrogens is 430 g/mol. The third-order valence-corrected chi connectivity index (χ3v) is 9.15. The first-order chi connectivity index (χ1) is 14.0. The van der Waals surface area contributed by atoms with Gasteiger partial charge in [0, 0.05) is 26.7 Å². The maximum absolute atomic E-state index is 13.0. The van der Waals surface area contributed by atoms with Crippen molar-refractivity contribution in [2.75, 3.05) is 32.1 Å². The summed E-state index contributed by atoms with van der Waals surface area (Å²) in [5.41, 5.74) is 2.20. The second-order valence-electron chi connectivity index (χ2n) is 6.47. The first-order valence-corrected chi connectivity index (χ1v) is 12.1. The van der Waals surface area contributed by atoms with E-state index >= 15 is 0 Å². The standard InChI is InChI=1S/C19H21N3O4S3/c1-22(29(23,24)16-8-5-9-27-16)14-7-4-6-12-10-13(21-17(12)14)18-20-11-15(28-18)19(25-2)26-3/h4-10,15,19,21H,11H2,1-3H3. The number of ether oxygens (including phenoxy) is 2. The highest BCUT2D eigenvalue weighted by Gasteiger charge is 2.30. The molecule has 0 saturated carbocycles. The normalized spacial score (nSPS) is 17.2. The summed E-state index contributed by atoms with van der Waals surface area (Å²) in [5.74, 6) is 0. The third-order valence-electron chi connectivity index (χ3n) is 4.76. The number of hydrogen-bond acceptors (Lipinski definition) is 7. The predicted molar refractivity (Wildman–Crippen MR) is 119 cm³/mol. The van der Waals surface area contributed by atoms with Crippen LogP contribution in [0.1, 0.15) is 5.69 Å². The van der Waals surface area contributed by atoms with Crippen LogP contribution in [0, 0.1) is 0 Å². The molecule has 1 aliphatic heterocycles. The van der Waals surface area contributed by atoms with Crippen LogP contribution in [-0.2, 0) is 19.5 Å². The van der Waals surface area contributed by atoms with E-state index in [4.69, 9.17) is 9.47 Å². The van der Waals surface area contributed by atoms with E-state index in [1.165, 1.54) is 15.6 Å². The van der Waals surface area contributed by atoms with Crippen LogP contribution < -0.4 is 4.31 Å². The summed E-state index contributed by atoms with van der Waals surface area (Å²) in [6.45, 7) is 0.598. The smallest absolute Gasteiger partial charge is 0.273 e. The van der Waals surface area contributed by atoms with Gasteiger partial charge in [0.25, 0.3) is 10.0 Å². The Morgan fingerprint density at radius 3 is 2.72 bits per heavy atom. The lowest BCUT2D eigenvalue weighted by Gasteiger charge is -2.19. The lowest BCUT2D eigenvalue weighted by molar-refractivity contribution is -0.0994. The van der Waals surface area contributed by atoms with E-state index < -0.39 is 10.0 Å². The molecule has 1 atom stereocenters. The number of anilines is 1. The number of thioether (sulfide) groups is 1. The summed E-state index contributed by atoms with van der Waals surface area (Å²) in [5, 5.41) is 3.62. The van der Waals surface area contributed by atoms with Crippen LogP contribution in [0.2, 0.25) is 0 Å². The minimum Gasteiger partial charge on any atom is -0.355 e. The molecule has 0 bridgehead atoms. The summed E-state index contributed by atoms with van der Waals surface area (Å²) >= 11 is 2.80. The van der Waals surface area contributed by atoms with Crippen LogP contribution in [0.3, 0.4) is 0 Å². The number of aromatic nitrogens is 1. The SMILES string of the molecule is COC(OC)C1CN=C(c2cc3cccc(N(C)S(=O)(=O)c4cccs4)c3[nH]2)S1. The van der Waals surface area contributed by atoms with Crippen molar-refractivity contribution in [3.8, 4) is 0 Å². The van der Waals surface area contributed by atoms with Crippen molar-refractivity contribution in [2.45, 2.75) is 15.7 Å². The van der Waals surface area contributed by atoms with Crippen molar-refractivity contribution >= 4 is 54.8 Å². The van der Waals surface area contributed by atoms with E-state index in [1.807, 2.05) is 18.2 Å². The number of thiophene rings is 1. The number of nitrogens with zero attached hydrogens (tertiary/aromatic N) is 2. The Labute approximate surface area is 177 Å². The van der Waals surface area contributed by atoms with Gasteiger partial charge in [-0.25, -0.2) is 8.42 Å². The van der Waals surface area contributed by atoms with Gasteiger partial charge in [0.1, 0.15) is 9.25 Å². The molecule has 1 N–H and O–H groups in total. The number of hydrogen-bond donors (Lipinski definition) is 1. The second-order valence-corrected chi connectivity index (χ2v) is 10.8. The zero-order valence-electron chi connectivity index (χ0n) is 16.2. The van der Waals surface area contributed by atoms with E-state index in [0.29, 0.717) is 16.4 Å². The van der Waals surface area contributed by atoms with Crippen molar-refractivity contribution in [3.63, 3.8) is 0 Å². The Morgan fingerprint density at radius 1 is 1.24 bits per heavy atom. The lowest BCUT2D eigenvalue weighted by atomic mass is 10.2. The first-order valence-electron chi connectivity index (χ1n) is 8.87. The van der Waals surface area contributed by atoms with Crippen LogP contribution in [0.25, 0.3) is 10.9 Å². The molecule has 10 heteroatoms. The molecule has 3 heterocycles. The van der Waals surface area contributed by atoms with Crippen LogP contribution in [-0.4, -0.2) is 57.8 Å². The van der Waals surface area contributed by atoms with Crippen LogP contribution in [0.15, 0.2) is 51.0 Å². The molecule has 0 fully saturated rings. The monoisotopic (exact) mass is 451 g/mol. The van der Waals surface area contributed by atoms with Gasteiger partial charge in [-0.1, -0.05) is 30.0 Å². The molecule has 154 valence electrons. The minimum absolute atomic E-state index is 0.0766. The number of methoxy groups -OCH3 is 2. The molecule has 1 unspecified atom stereocenters. The maximum Gasteiger partial charge on any atom is 0.273 e. The second kappa shape index (κ2) is 8.11. The molecule has 4 rings (SSSR count). The molecule has 0 spiro atoms. The Bertz CT molecular complexity index is 1130. The fourth-order valence-corrected chi connectivity index (χ4v) is 6.80. The van der Waals surface area contributed by atoms with Crippen molar-refractivity contribution in [2.24, 2.45) is 4.99 Å². The van der Waals surface area contributed by atoms with E-state index in [1.54, 1.807) is 56.6 Å². The maximum atomic E-state index is 13.0. The molecular formula is C19H21N3O4S3. The summed E-state index contributed by atoms with van der Waals surface area (Å²) in [6, 6.07) is 10.9. The molecule has 0 amide bonds. The van der Waals surface area contributed by atoms with E-state index in [0.717, 1.165) is 21.6 Å². The predicted octanol–water partition coefficient (Wildman–Crippen LogP) is 3.54. The number of para-hydroxylation sites is 1. The van der Waals surface area contributed by atoms with E-state index in [9.17, 15) is 8.42 Å². The van der Waals surface area contributed by atoms with Crippen molar-refractivity contribution in [1.29, 1.82) is 0 Å². The zero-order chi connectivity index (χ0) is 20.6. The van der Waals surface area contributed by atoms with Gasteiger partial charge in [0.2, 0.25) is 0 Å². The van der Waals surface area contributed by atoms with Gasteiger partial charge in [-0.2, -0.15) is 0 Å². The van der Waals surface area contributed by atoms with Gasteiger partial charge in [-0.05, 0) is 23.6 Å². The number of fused-ring (bicyclic) bond motifs is 1. The number of rotatable bonds is 7. The molecule has 2 aromatic heterocycles. The van der Waals surface area contributed by atoms with Gasteiger partial charge in [0.05, 0.1) is 28.7 Å². The summed E-state index contributed by atoms with van der Waals surface area (Å²) < 4.78 is 38.2. The number of H-pyrrole nitrogens is 1. The minimum atomic E-state index is -3.61. The molecule has 3 aromatic rings. The third kappa shape index (κ3) is 3.71. The van der Waals surface area contributed by atoms with Gasteiger partial charge in [0.15, 0.2) is 6.29 Å². The van der Waals surface area contributed by atoms with Crippen molar-refractivity contribution in [3.05, 3.63) is 47.5 Å². The number of benzene rings is 1. The molecule has 29 heavy (non-hydrogen) atoms. The summed E-state index contributed by atoms with van der Waals surface area (Å²) in [6.07, 6.45) is -0.330. The van der Waals surface area contributed by atoms with E-state index in [-0.39, 0.29) is 11.5 Å². The van der Waals surface area contributed by atoms with Crippen LogP contribution in [0.4, 0.5) is 5.69 Å². The topological polar surface area (TPSA) is 84.0 Å². The van der Waals surface area contributed by atoms with Crippen LogP contribution in [0.5, 0.6) is 0 Å². The molecule has 0 saturated heterocycles. The average molecular weight is 452 g/mol. The average Bonchev–Trinajstić information content (AvgIpc) is 3.47. The molecule has 1 aromatic carbocycles. The number of aliphatic imine (C=N–C) groups is 1. The number of aromatic amines is 1. The van der Waals surface area contributed by atoms with Gasteiger partial charge < -0.3 is 14.5 Å². The number of nitrogens with one attached hydrogen (secondary N) is 1. The summed E-state index contributed by atoms with van der Waals surface area (Å²) in [7, 11) is 1.19. The zero-order valence-corrected chi connectivity index (χ0v) is 18.6. The van der Waals surface area contributed by atoms with E-state index in [2.05, 4.69) is 9.98 Å². The van der Waals surface area contributed by atoms with Gasteiger partial charge >= 0.3 is 0 Å². The van der Waals surface area contributed by atoms with Gasteiger partial charge in [-0.15, -0.1) is 11.3 Å². The fourth-order valence-electron chi connectivity index (χ4n) is 3.27. The van der Waals surface area contributed by atoms with Gasteiger partial charge in [-0.3, -0.25) is 9.30 Å². The Morgan fingerprint density at radius 2 is 2.03 bits per heavy atom. The van der Waals surface area contributed by atoms with Crippen molar-refractivity contribution < 1.29 is 17.9 Å². The highest BCUT2D eigenvalue weighted by atomic mass is 32.2. The first kappa shape index (κ1) is 20.4. The van der Waals surface area contributed by atoms with Crippen molar-refractivity contribution in [1.82, 2.24) is 4.98 Å². The fraction of sp³-hybridized carbons (Fsp3) is 0.316. The Hall–Kier alpha value is -1.85. The summed E-state index contributed by atoms with van der Waals surface area (Å²) in [4.78, 5) is 7.99. The molecule has 1 aliphatic rings. The lowest BCUT2D eigenvalue weighted by Crippen LogP contribution is -2.28. The molecule has 0 radical (unpaired) electrons. The van der Waals surface area contributed by atoms with Crippen LogP contribution >= 0.6 is 23.1 Å². The molecule has 7 nitrogen and oxygen atoms in total. The number of sulfonamides is 1. The highest BCUT2D eigenvalue weighted by Crippen LogP contribution is 2.34.